The first-order chi connectivity index (χ1) is 4.63. The van der Waals surface area contributed by atoms with Crippen LogP contribution in [0.15, 0.2) is 0 Å². The van der Waals surface area contributed by atoms with Crippen molar-refractivity contribution >= 4 is 40.1 Å². The van der Waals surface area contributed by atoms with Gasteiger partial charge in [0.05, 0.1) is 9.26 Å². The van der Waals surface area contributed by atoms with Crippen molar-refractivity contribution in [1.82, 2.24) is 4.37 Å². The second kappa shape index (κ2) is 2.83. The molecule has 1 aromatic heterocycles. The van der Waals surface area contributed by atoms with E-state index >= 15 is 0 Å². The summed E-state index contributed by atoms with van der Waals surface area (Å²) >= 11 is 3.01. The van der Waals surface area contributed by atoms with Crippen LogP contribution in [0.3, 0.4) is 0 Å². The lowest BCUT2D eigenvalue weighted by atomic mass is 10.4. The zero-order valence-electron chi connectivity index (χ0n) is 5.09. The number of aromatic nitrogens is 1. The van der Waals surface area contributed by atoms with Gasteiger partial charge in [-0.25, -0.2) is 4.79 Å². The Morgan fingerprint density at radius 2 is 2.40 bits per heavy atom. The number of hydrogen-bond donors (Lipinski definition) is 1. The molecular formula is C5H4INO2S. The van der Waals surface area contributed by atoms with Gasteiger partial charge >= 0.3 is 5.97 Å². The predicted octanol–water partition coefficient (Wildman–Crippen LogP) is 1.75. The molecule has 1 N–H and O–H groups in total. The summed E-state index contributed by atoms with van der Waals surface area (Å²) in [5.74, 6) is -0.894. The van der Waals surface area contributed by atoms with Crippen molar-refractivity contribution < 1.29 is 9.90 Å². The highest BCUT2D eigenvalue weighted by Crippen LogP contribution is 2.19. The molecule has 0 aliphatic rings. The monoisotopic (exact) mass is 269 g/mol. The van der Waals surface area contributed by atoms with Gasteiger partial charge in [0.2, 0.25) is 0 Å². The first kappa shape index (κ1) is 7.93. The summed E-state index contributed by atoms with van der Waals surface area (Å²) in [6.45, 7) is 1.80. The number of halogens is 1. The molecule has 0 fully saturated rings. The standard InChI is InChI=1S/C5H4INO2S/c1-2-3(6)4(5(8)9)10-7-2/h1H3,(H,8,9). The molecule has 5 heteroatoms. The summed E-state index contributed by atoms with van der Waals surface area (Å²) in [6.07, 6.45) is 0. The highest BCUT2D eigenvalue weighted by atomic mass is 127. The van der Waals surface area contributed by atoms with E-state index in [2.05, 4.69) is 4.37 Å². The molecule has 0 saturated carbocycles. The Morgan fingerprint density at radius 1 is 1.80 bits per heavy atom. The second-order valence-corrected chi connectivity index (χ2v) is 3.57. The maximum Gasteiger partial charge on any atom is 0.348 e. The number of aromatic carboxylic acids is 1. The molecule has 0 bridgehead atoms. The van der Waals surface area contributed by atoms with Crippen LogP contribution in [0, 0.1) is 10.5 Å². The van der Waals surface area contributed by atoms with Crippen LogP contribution in [0.1, 0.15) is 15.4 Å². The molecule has 0 unspecified atom stereocenters. The lowest BCUT2D eigenvalue weighted by Gasteiger charge is -1.85. The molecular weight excluding hydrogens is 265 g/mol. The number of carboxylic acid groups (broad SMARTS) is 1. The van der Waals surface area contributed by atoms with Crippen molar-refractivity contribution in [1.29, 1.82) is 0 Å². The fourth-order valence-electron chi connectivity index (χ4n) is 0.491. The van der Waals surface area contributed by atoms with Crippen LogP contribution >= 0.6 is 34.1 Å². The van der Waals surface area contributed by atoms with E-state index in [0.717, 1.165) is 20.8 Å². The van der Waals surface area contributed by atoms with Crippen LogP contribution in [0.25, 0.3) is 0 Å². The summed E-state index contributed by atoms with van der Waals surface area (Å²) in [6, 6.07) is 0. The molecule has 0 aliphatic heterocycles. The van der Waals surface area contributed by atoms with Crippen LogP contribution < -0.4 is 0 Å². The minimum atomic E-state index is -0.894. The van der Waals surface area contributed by atoms with Gasteiger partial charge in [-0.15, -0.1) is 0 Å². The fourth-order valence-corrected chi connectivity index (χ4v) is 1.93. The van der Waals surface area contributed by atoms with Gasteiger partial charge in [0, 0.05) is 0 Å². The predicted molar refractivity (Wildman–Crippen MR) is 46.5 cm³/mol. The molecule has 1 rings (SSSR count). The van der Waals surface area contributed by atoms with Crippen LogP contribution in [-0.2, 0) is 0 Å². The minimum absolute atomic E-state index is 0.332. The third-order valence-electron chi connectivity index (χ3n) is 0.985. The first-order valence-corrected chi connectivity index (χ1v) is 4.33. The molecule has 0 aliphatic carbocycles. The van der Waals surface area contributed by atoms with Crippen molar-refractivity contribution in [2.75, 3.05) is 0 Å². The lowest BCUT2D eigenvalue weighted by molar-refractivity contribution is 0.0701. The highest BCUT2D eigenvalue weighted by Gasteiger charge is 2.13. The number of carboxylic acids is 1. The van der Waals surface area contributed by atoms with E-state index in [-0.39, 0.29) is 0 Å². The first-order valence-electron chi connectivity index (χ1n) is 2.48. The quantitative estimate of drug-likeness (QED) is 0.790. The van der Waals surface area contributed by atoms with Crippen molar-refractivity contribution in [2.45, 2.75) is 6.92 Å². The van der Waals surface area contributed by atoms with Crippen molar-refractivity contribution in [3.8, 4) is 0 Å². The summed E-state index contributed by atoms with van der Waals surface area (Å²) in [5.41, 5.74) is 0.794. The Hall–Kier alpha value is -0.170. The van der Waals surface area contributed by atoms with Crippen molar-refractivity contribution in [3.05, 3.63) is 14.1 Å². The van der Waals surface area contributed by atoms with Crippen molar-refractivity contribution in [2.24, 2.45) is 0 Å². The van der Waals surface area contributed by atoms with E-state index in [1.807, 2.05) is 22.6 Å². The van der Waals surface area contributed by atoms with E-state index in [4.69, 9.17) is 5.11 Å². The van der Waals surface area contributed by atoms with Crippen LogP contribution in [0.5, 0.6) is 0 Å². The third kappa shape index (κ3) is 1.29. The SMILES string of the molecule is Cc1nsc(C(=O)O)c1I. The second-order valence-electron chi connectivity index (χ2n) is 1.72. The zero-order chi connectivity index (χ0) is 7.72. The lowest BCUT2D eigenvalue weighted by Crippen LogP contribution is -1.94. The van der Waals surface area contributed by atoms with Gasteiger partial charge in [-0.1, -0.05) is 0 Å². The third-order valence-corrected chi connectivity index (χ3v) is 3.60. The van der Waals surface area contributed by atoms with Gasteiger partial charge in [-0.05, 0) is 41.0 Å². The zero-order valence-corrected chi connectivity index (χ0v) is 8.06. The normalized spacial score (nSPS) is 9.80. The summed E-state index contributed by atoms with van der Waals surface area (Å²) in [4.78, 5) is 10.7. The van der Waals surface area contributed by atoms with Crippen LogP contribution in [-0.4, -0.2) is 15.4 Å². The Balaban J connectivity index is 3.17. The fraction of sp³-hybridized carbons (Fsp3) is 0.200. The molecule has 0 saturated heterocycles. The maximum absolute atomic E-state index is 10.4. The van der Waals surface area contributed by atoms with E-state index in [9.17, 15) is 4.79 Å². The number of aryl methyl sites for hydroxylation is 1. The summed E-state index contributed by atoms with van der Waals surface area (Å²) in [5, 5.41) is 8.54. The highest BCUT2D eigenvalue weighted by molar-refractivity contribution is 14.1. The molecule has 0 atom stereocenters. The number of hydrogen-bond acceptors (Lipinski definition) is 3. The Kier molecular flexibility index (Phi) is 2.24. The van der Waals surface area contributed by atoms with Crippen molar-refractivity contribution in [3.63, 3.8) is 0 Å². The smallest absolute Gasteiger partial charge is 0.348 e. The molecule has 3 nitrogen and oxygen atoms in total. The van der Waals surface area contributed by atoms with Gasteiger partial charge < -0.3 is 5.11 Å². The van der Waals surface area contributed by atoms with E-state index in [1.54, 1.807) is 6.92 Å². The molecule has 0 amide bonds. The molecule has 0 radical (unpaired) electrons. The van der Waals surface area contributed by atoms with E-state index in [0.29, 0.717) is 4.88 Å². The largest absolute Gasteiger partial charge is 0.477 e. The summed E-state index contributed by atoms with van der Waals surface area (Å²) < 4.78 is 4.64. The average Bonchev–Trinajstić information content (AvgIpc) is 2.14. The Morgan fingerprint density at radius 3 is 2.60 bits per heavy atom. The molecule has 10 heavy (non-hydrogen) atoms. The van der Waals surface area contributed by atoms with Crippen LogP contribution in [0.4, 0.5) is 0 Å². The number of carbonyl (C=O) groups is 1. The molecule has 1 aromatic rings. The molecule has 54 valence electrons. The minimum Gasteiger partial charge on any atom is -0.477 e. The van der Waals surface area contributed by atoms with E-state index < -0.39 is 5.97 Å². The maximum atomic E-state index is 10.4. The topological polar surface area (TPSA) is 50.2 Å². The van der Waals surface area contributed by atoms with Gasteiger partial charge in [0.1, 0.15) is 4.88 Å². The van der Waals surface area contributed by atoms with E-state index in [1.165, 1.54) is 0 Å². The number of nitrogens with zero attached hydrogens (tertiary/aromatic N) is 1. The Bertz CT molecular complexity index is 271. The van der Waals surface area contributed by atoms with Gasteiger partial charge in [0.15, 0.2) is 0 Å². The van der Waals surface area contributed by atoms with Gasteiger partial charge in [-0.2, -0.15) is 4.37 Å². The van der Waals surface area contributed by atoms with Gasteiger partial charge in [-0.3, -0.25) is 0 Å². The molecule has 0 aromatic carbocycles. The van der Waals surface area contributed by atoms with Gasteiger partial charge in [0.25, 0.3) is 0 Å². The average molecular weight is 269 g/mol. The molecule has 0 spiro atoms. The van der Waals surface area contributed by atoms with Crippen LogP contribution in [0.2, 0.25) is 0 Å². The molecule has 1 heterocycles. The number of rotatable bonds is 1. The Labute approximate surface area is 75.4 Å². The summed E-state index contributed by atoms with van der Waals surface area (Å²) in [7, 11) is 0.